The van der Waals surface area contributed by atoms with Gasteiger partial charge in [0.05, 0.1) is 10.6 Å². The molecule has 0 saturated heterocycles. The average molecular weight is 304 g/mol. The minimum absolute atomic E-state index is 0.0929. The van der Waals surface area contributed by atoms with Gasteiger partial charge in [-0.2, -0.15) is 0 Å². The van der Waals surface area contributed by atoms with Gasteiger partial charge in [0, 0.05) is 11.1 Å². The van der Waals surface area contributed by atoms with Gasteiger partial charge in [-0.25, -0.2) is 17.2 Å². The Morgan fingerprint density at radius 1 is 1.00 bits per heavy atom. The number of nitrogens with one attached hydrogen (secondary N) is 1. The Morgan fingerprint density at radius 2 is 1.63 bits per heavy atom. The molecule has 0 unspecified atom stereocenters. The van der Waals surface area contributed by atoms with Gasteiger partial charge in [-0.1, -0.05) is 17.7 Å². The van der Waals surface area contributed by atoms with Crippen molar-refractivity contribution in [3.63, 3.8) is 0 Å². The van der Waals surface area contributed by atoms with E-state index in [9.17, 15) is 17.2 Å². The van der Waals surface area contributed by atoms with Crippen LogP contribution in [0.5, 0.6) is 0 Å². The molecule has 0 spiro atoms. The van der Waals surface area contributed by atoms with Crippen molar-refractivity contribution >= 4 is 27.3 Å². The van der Waals surface area contributed by atoms with Crippen molar-refractivity contribution in [3.05, 3.63) is 59.1 Å². The van der Waals surface area contributed by atoms with Crippen LogP contribution in [0.25, 0.3) is 0 Å². The average Bonchev–Trinajstić information content (AvgIpc) is 2.26. The smallest absolute Gasteiger partial charge is 0.261 e. The van der Waals surface area contributed by atoms with Crippen molar-refractivity contribution < 1.29 is 17.2 Å². The Hall–Kier alpha value is -1.66. The molecule has 1 N–H and O–H groups in total. The Bertz CT molecular complexity index is 699. The van der Waals surface area contributed by atoms with E-state index >= 15 is 0 Å². The molecular weight excluding hydrogens is 296 g/mol. The Labute approximate surface area is 113 Å². The van der Waals surface area contributed by atoms with E-state index in [-0.39, 0.29) is 15.6 Å². The van der Waals surface area contributed by atoms with E-state index in [1.165, 1.54) is 24.3 Å². The lowest BCUT2D eigenvalue weighted by molar-refractivity contribution is 0.584. The second-order valence-electron chi connectivity index (χ2n) is 3.72. The zero-order valence-electron chi connectivity index (χ0n) is 9.40. The van der Waals surface area contributed by atoms with Gasteiger partial charge in [0.15, 0.2) is 0 Å². The van der Waals surface area contributed by atoms with E-state index in [4.69, 9.17) is 11.6 Å². The minimum atomic E-state index is -3.94. The first-order chi connectivity index (χ1) is 8.87. The van der Waals surface area contributed by atoms with Gasteiger partial charge in [0.25, 0.3) is 10.0 Å². The highest BCUT2D eigenvalue weighted by atomic mass is 35.5. The number of hydrogen-bond acceptors (Lipinski definition) is 2. The lowest BCUT2D eigenvalue weighted by Gasteiger charge is -2.08. The molecule has 0 saturated carbocycles. The maximum absolute atomic E-state index is 13.0. The number of sulfonamides is 1. The molecule has 100 valence electrons. The quantitative estimate of drug-likeness (QED) is 0.944. The van der Waals surface area contributed by atoms with E-state index in [0.29, 0.717) is 6.07 Å². The van der Waals surface area contributed by atoms with Crippen LogP contribution in [0.1, 0.15) is 0 Å². The third-order valence-electron chi connectivity index (χ3n) is 2.22. The summed E-state index contributed by atoms with van der Waals surface area (Å²) in [7, 11) is -3.94. The third-order valence-corrected chi connectivity index (χ3v) is 3.84. The molecule has 7 heteroatoms. The van der Waals surface area contributed by atoms with Crippen LogP contribution in [-0.2, 0) is 10.0 Å². The van der Waals surface area contributed by atoms with Crippen molar-refractivity contribution in [2.75, 3.05) is 4.72 Å². The normalized spacial score (nSPS) is 11.3. The maximum atomic E-state index is 13.0. The summed E-state index contributed by atoms with van der Waals surface area (Å²) in [6, 6.07) is 7.95. The highest BCUT2D eigenvalue weighted by molar-refractivity contribution is 7.92. The molecule has 0 radical (unpaired) electrons. The molecule has 2 aromatic carbocycles. The fourth-order valence-corrected chi connectivity index (χ4v) is 2.80. The summed E-state index contributed by atoms with van der Waals surface area (Å²) >= 11 is 5.69. The molecule has 0 amide bonds. The van der Waals surface area contributed by atoms with Crippen LogP contribution in [0.3, 0.4) is 0 Å². The summed E-state index contributed by atoms with van der Waals surface area (Å²) < 4.78 is 51.9. The van der Waals surface area contributed by atoms with E-state index in [2.05, 4.69) is 4.72 Å². The molecule has 0 atom stereocenters. The first-order valence-electron chi connectivity index (χ1n) is 5.11. The first kappa shape index (κ1) is 13.8. The monoisotopic (exact) mass is 303 g/mol. The SMILES string of the molecule is O=S(=O)(Nc1cc(F)cc(F)c1)c1cccc(Cl)c1. The molecular formula is C12H8ClF2NO2S. The molecule has 0 aliphatic carbocycles. The van der Waals surface area contributed by atoms with E-state index in [1.807, 2.05) is 0 Å². The highest BCUT2D eigenvalue weighted by Gasteiger charge is 2.15. The number of halogens is 3. The van der Waals surface area contributed by atoms with Crippen LogP contribution in [0.2, 0.25) is 5.02 Å². The fraction of sp³-hybridized carbons (Fsp3) is 0. The summed E-state index contributed by atoms with van der Waals surface area (Å²) in [4.78, 5) is -0.0929. The van der Waals surface area contributed by atoms with Crippen LogP contribution < -0.4 is 4.72 Å². The van der Waals surface area contributed by atoms with Crippen molar-refractivity contribution in [1.82, 2.24) is 0 Å². The van der Waals surface area contributed by atoms with Gasteiger partial charge in [0.2, 0.25) is 0 Å². The van der Waals surface area contributed by atoms with Crippen molar-refractivity contribution in [2.45, 2.75) is 4.90 Å². The number of hydrogen-bond donors (Lipinski definition) is 1. The Balaban J connectivity index is 2.36. The van der Waals surface area contributed by atoms with Crippen molar-refractivity contribution in [3.8, 4) is 0 Å². The van der Waals surface area contributed by atoms with Crippen molar-refractivity contribution in [2.24, 2.45) is 0 Å². The summed E-state index contributed by atoms with van der Waals surface area (Å²) in [5, 5.41) is 0.244. The molecule has 0 aliphatic heterocycles. The number of benzene rings is 2. The molecule has 0 heterocycles. The zero-order chi connectivity index (χ0) is 14.0. The summed E-state index contributed by atoms with van der Waals surface area (Å²) in [5.74, 6) is -1.74. The van der Waals surface area contributed by atoms with Crippen LogP contribution >= 0.6 is 11.6 Å². The van der Waals surface area contributed by atoms with Gasteiger partial charge in [-0.15, -0.1) is 0 Å². The molecule has 2 aromatic rings. The second-order valence-corrected chi connectivity index (χ2v) is 5.84. The Morgan fingerprint density at radius 3 is 2.21 bits per heavy atom. The summed E-state index contributed by atoms with van der Waals surface area (Å²) in [6.07, 6.45) is 0. The maximum Gasteiger partial charge on any atom is 0.261 e. The summed E-state index contributed by atoms with van der Waals surface area (Å²) in [5.41, 5.74) is -0.197. The molecule has 0 bridgehead atoms. The molecule has 0 aliphatic rings. The summed E-state index contributed by atoms with van der Waals surface area (Å²) in [6.45, 7) is 0. The van der Waals surface area contributed by atoms with Crippen molar-refractivity contribution in [1.29, 1.82) is 0 Å². The van der Waals surface area contributed by atoms with E-state index < -0.39 is 21.7 Å². The predicted molar refractivity (Wildman–Crippen MR) is 68.6 cm³/mol. The van der Waals surface area contributed by atoms with Gasteiger partial charge < -0.3 is 0 Å². The molecule has 0 aromatic heterocycles. The Kier molecular flexibility index (Phi) is 3.73. The lowest BCUT2D eigenvalue weighted by atomic mass is 10.3. The topological polar surface area (TPSA) is 46.2 Å². The number of anilines is 1. The van der Waals surface area contributed by atoms with Crippen LogP contribution in [0.15, 0.2) is 47.4 Å². The molecule has 3 nitrogen and oxygen atoms in total. The largest absolute Gasteiger partial charge is 0.279 e. The van der Waals surface area contributed by atoms with Gasteiger partial charge in [-0.3, -0.25) is 4.72 Å². The second kappa shape index (κ2) is 5.14. The lowest BCUT2D eigenvalue weighted by Crippen LogP contribution is -2.13. The number of rotatable bonds is 3. The minimum Gasteiger partial charge on any atom is -0.279 e. The van der Waals surface area contributed by atoms with Gasteiger partial charge in [0.1, 0.15) is 11.6 Å². The zero-order valence-corrected chi connectivity index (χ0v) is 11.0. The predicted octanol–water partition coefficient (Wildman–Crippen LogP) is 3.42. The third kappa shape index (κ3) is 3.42. The highest BCUT2D eigenvalue weighted by Crippen LogP contribution is 2.20. The van der Waals surface area contributed by atoms with Gasteiger partial charge >= 0.3 is 0 Å². The standard InChI is InChI=1S/C12H8ClF2NO2S/c13-8-2-1-3-12(4-8)19(17,18)16-11-6-9(14)5-10(15)7-11/h1-7,16H. The van der Waals surface area contributed by atoms with Gasteiger partial charge in [-0.05, 0) is 30.3 Å². The fourth-order valence-electron chi connectivity index (χ4n) is 1.46. The van der Waals surface area contributed by atoms with Crippen LogP contribution in [0, 0.1) is 11.6 Å². The van der Waals surface area contributed by atoms with E-state index in [0.717, 1.165) is 12.1 Å². The van der Waals surface area contributed by atoms with Crippen LogP contribution in [-0.4, -0.2) is 8.42 Å². The van der Waals surface area contributed by atoms with E-state index in [1.54, 1.807) is 0 Å². The molecule has 0 fully saturated rings. The first-order valence-corrected chi connectivity index (χ1v) is 6.97. The molecule has 19 heavy (non-hydrogen) atoms. The van der Waals surface area contributed by atoms with Crippen LogP contribution in [0.4, 0.5) is 14.5 Å². The molecule has 2 rings (SSSR count).